The topological polar surface area (TPSA) is 86.9 Å². The van der Waals surface area contributed by atoms with Crippen LogP contribution in [0.5, 0.6) is 0 Å². The Bertz CT molecular complexity index is 797. The molecule has 0 unspecified atom stereocenters. The van der Waals surface area contributed by atoms with Crippen LogP contribution in [0.4, 0.5) is 13.2 Å². The number of nitrogens with zero attached hydrogens (tertiary/aromatic N) is 1. The molecule has 9 heteroatoms. The number of carbonyl (C=O) groups is 2. The molecule has 2 rings (SSSR count). The van der Waals surface area contributed by atoms with Crippen LogP contribution in [0.15, 0.2) is 24.5 Å². The van der Waals surface area contributed by atoms with Crippen molar-refractivity contribution in [1.29, 1.82) is 0 Å². The molecule has 0 aliphatic carbocycles. The van der Waals surface area contributed by atoms with Gasteiger partial charge in [-0.2, -0.15) is 13.2 Å². The summed E-state index contributed by atoms with van der Waals surface area (Å²) in [5.41, 5.74) is 1.35. The van der Waals surface area contributed by atoms with Gasteiger partial charge >= 0.3 is 6.18 Å². The SMILES string of the molecule is CNC(=O)[C@@H](C)NC(=O)c1[nH]cc(Cc2ccc(C(F)(F)F)nc2)c1C. The second-order valence-electron chi connectivity index (χ2n) is 5.85. The number of halogens is 3. The van der Waals surface area contributed by atoms with Gasteiger partial charge in [0, 0.05) is 25.9 Å². The van der Waals surface area contributed by atoms with Crippen molar-refractivity contribution < 1.29 is 22.8 Å². The third kappa shape index (κ3) is 4.41. The molecule has 0 saturated heterocycles. The molecule has 3 N–H and O–H groups in total. The molecule has 2 aromatic heterocycles. The van der Waals surface area contributed by atoms with Crippen LogP contribution in [0.1, 0.15) is 39.8 Å². The van der Waals surface area contributed by atoms with E-state index in [0.717, 1.165) is 11.6 Å². The summed E-state index contributed by atoms with van der Waals surface area (Å²) in [5.74, 6) is -0.756. The third-order valence-corrected chi connectivity index (χ3v) is 3.97. The van der Waals surface area contributed by atoms with Crippen molar-refractivity contribution in [3.63, 3.8) is 0 Å². The fraction of sp³-hybridized carbons (Fsp3) is 0.353. The van der Waals surface area contributed by atoms with E-state index in [9.17, 15) is 22.8 Å². The number of carbonyl (C=O) groups excluding carboxylic acids is 2. The van der Waals surface area contributed by atoms with Gasteiger partial charge in [-0.25, -0.2) is 0 Å². The Morgan fingerprint density at radius 2 is 2.00 bits per heavy atom. The lowest BCUT2D eigenvalue weighted by Crippen LogP contribution is -2.43. The van der Waals surface area contributed by atoms with Crippen molar-refractivity contribution in [1.82, 2.24) is 20.6 Å². The zero-order valence-electron chi connectivity index (χ0n) is 14.5. The van der Waals surface area contributed by atoms with E-state index in [1.807, 2.05) is 0 Å². The maximum Gasteiger partial charge on any atom is 0.433 e. The molecular weight excluding hydrogens is 349 g/mol. The van der Waals surface area contributed by atoms with Crippen LogP contribution >= 0.6 is 0 Å². The number of H-pyrrole nitrogens is 1. The smallest absolute Gasteiger partial charge is 0.357 e. The van der Waals surface area contributed by atoms with Crippen molar-refractivity contribution in [3.8, 4) is 0 Å². The van der Waals surface area contributed by atoms with E-state index in [0.29, 0.717) is 23.2 Å². The lowest BCUT2D eigenvalue weighted by Gasteiger charge is -2.12. The molecule has 0 saturated carbocycles. The number of likely N-dealkylation sites (N-methyl/N-ethyl adjacent to an activating group) is 1. The van der Waals surface area contributed by atoms with Gasteiger partial charge in [-0.05, 0) is 36.6 Å². The van der Waals surface area contributed by atoms with E-state index >= 15 is 0 Å². The minimum absolute atomic E-state index is 0.302. The number of hydrogen-bond acceptors (Lipinski definition) is 3. The van der Waals surface area contributed by atoms with E-state index in [1.54, 1.807) is 20.0 Å². The molecule has 0 aromatic carbocycles. The van der Waals surface area contributed by atoms with Gasteiger partial charge in [-0.3, -0.25) is 14.6 Å². The molecular formula is C17H19F3N4O2. The highest BCUT2D eigenvalue weighted by molar-refractivity contribution is 5.97. The van der Waals surface area contributed by atoms with Crippen LogP contribution in [0.25, 0.3) is 0 Å². The molecule has 0 aliphatic heterocycles. The number of alkyl halides is 3. The molecule has 6 nitrogen and oxygen atoms in total. The summed E-state index contributed by atoms with van der Waals surface area (Å²) < 4.78 is 37.6. The van der Waals surface area contributed by atoms with Gasteiger partial charge < -0.3 is 15.6 Å². The van der Waals surface area contributed by atoms with E-state index in [-0.39, 0.29) is 5.91 Å². The summed E-state index contributed by atoms with van der Waals surface area (Å²) in [5, 5.41) is 5.01. The zero-order valence-corrected chi connectivity index (χ0v) is 14.5. The Hall–Kier alpha value is -2.84. The maximum atomic E-state index is 12.5. The average molecular weight is 368 g/mol. The summed E-state index contributed by atoms with van der Waals surface area (Å²) in [6.07, 6.45) is -1.36. The van der Waals surface area contributed by atoms with Gasteiger partial charge in [0.1, 0.15) is 17.4 Å². The molecule has 140 valence electrons. The molecule has 0 aliphatic rings. The molecule has 0 spiro atoms. The first-order valence-corrected chi connectivity index (χ1v) is 7.85. The summed E-state index contributed by atoms with van der Waals surface area (Å²) in [7, 11) is 1.47. The normalized spacial score (nSPS) is 12.5. The van der Waals surface area contributed by atoms with E-state index in [1.165, 1.54) is 19.3 Å². The first-order chi connectivity index (χ1) is 12.1. The van der Waals surface area contributed by atoms with Crippen LogP contribution in [0.2, 0.25) is 0 Å². The Kier molecular flexibility index (Phi) is 5.69. The number of amides is 2. The lowest BCUT2D eigenvalue weighted by atomic mass is 10.0. The van der Waals surface area contributed by atoms with Gasteiger partial charge in [0.2, 0.25) is 5.91 Å². The molecule has 0 bridgehead atoms. The minimum Gasteiger partial charge on any atom is -0.357 e. The summed E-state index contributed by atoms with van der Waals surface area (Å²) in [6, 6.07) is 1.59. The van der Waals surface area contributed by atoms with Crippen molar-refractivity contribution in [3.05, 3.63) is 52.6 Å². The molecule has 2 aromatic rings. The predicted molar refractivity (Wildman–Crippen MR) is 88.6 cm³/mol. The molecule has 0 fully saturated rings. The summed E-state index contributed by atoms with van der Waals surface area (Å²) in [4.78, 5) is 30.0. The first kappa shape index (κ1) is 19.5. The number of rotatable bonds is 5. The second-order valence-corrected chi connectivity index (χ2v) is 5.85. The molecule has 0 radical (unpaired) electrons. The fourth-order valence-corrected chi connectivity index (χ4v) is 2.42. The summed E-state index contributed by atoms with van der Waals surface area (Å²) >= 11 is 0. The highest BCUT2D eigenvalue weighted by Gasteiger charge is 2.32. The highest BCUT2D eigenvalue weighted by atomic mass is 19.4. The fourth-order valence-electron chi connectivity index (χ4n) is 2.42. The number of hydrogen-bond donors (Lipinski definition) is 3. The van der Waals surface area contributed by atoms with E-state index < -0.39 is 23.8 Å². The first-order valence-electron chi connectivity index (χ1n) is 7.85. The standard InChI is InChI=1S/C17H19F3N4O2/c1-9-12(6-11-4-5-13(22-7-11)17(18,19)20)8-23-14(9)16(26)24-10(2)15(25)21-3/h4-5,7-8,10,23H,6H2,1-3H3,(H,21,25)(H,24,26)/t10-/m1/s1. The Labute approximate surface area is 148 Å². The average Bonchev–Trinajstić information content (AvgIpc) is 2.94. The molecule has 2 heterocycles. The van der Waals surface area contributed by atoms with Gasteiger partial charge in [-0.15, -0.1) is 0 Å². The number of nitrogens with one attached hydrogen (secondary N) is 3. The molecule has 2 amide bonds. The van der Waals surface area contributed by atoms with Gasteiger partial charge in [-0.1, -0.05) is 6.07 Å². The van der Waals surface area contributed by atoms with Gasteiger partial charge in [0.05, 0.1) is 0 Å². The van der Waals surface area contributed by atoms with Crippen molar-refractivity contribution in [2.75, 3.05) is 7.05 Å². The van der Waals surface area contributed by atoms with Crippen molar-refractivity contribution in [2.45, 2.75) is 32.5 Å². The Balaban J connectivity index is 2.11. The monoisotopic (exact) mass is 368 g/mol. The number of aromatic amines is 1. The van der Waals surface area contributed by atoms with Crippen molar-refractivity contribution in [2.24, 2.45) is 0 Å². The molecule has 26 heavy (non-hydrogen) atoms. The van der Waals surface area contributed by atoms with Crippen LogP contribution in [0.3, 0.4) is 0 Å². The Morgan fingerprint density at radius 3 is 2.54 bits per heavy atom. The largest absolute Gasteiger partial charge is 0.433 e. The number of pyridine rings is 1. The second kappa shape index (κ2) is 7.59. The van der Waals surface area contributed by atoms with Gasteiger partial charge in [0.25, 0.3) is 5.91 Å². The maximum absolute atomic E-state index is 12.5. The van der Waals surface area contributed by atoms with Crippen LogP contribution in [-0.4, -0.2) is 34.9 Å². The Morgan fingerprint density at radius 1 is 1.31 bits per heavy atom. The zero-order chi connectivity index (χ0) is 19.5. The van der Waals surface area contributed by atoms with Crippen LogP contribution < -0.4 is 10.6 Å². The molecule has 1 atom stereocenters. The minimum atomic E-state index is -4.48. The van der Waals surface area contributed by atoms with E-state index in [2.05, 4.69) is 20.6 Å². The van der Waals surface area contributed by atoms with E-state index in [4.69, 9.17) is 0 Å². The highest BCUT2D eigenvalue weighted by Crippen LogP contribution is 2.27. The van der Waals surface area contributed by atoms with Crippen LogP contribution in [0, 0.1) is 6.92 Å². The number of aromatic nitrogens is 2. The lowest BCUT2D eigenvalue weighted by molar-refractivity contribution is -0.141. The van der Waals surface area contributed by atoms with Crippen molar-refractivity contribution >= 4 is 11.8 Å². The van der Waals surface area contributed by atoms with Gasteiger partial charge in [0.15, 0.2) is 0 Å². The summed E-state index contributed by atoms with van der Waals surface area (Å²) in [6.45, 7) is 3.28. The quantitative estimate of drug-likeness (QED) is 0.756. The third-order valence-electron chi connectivity index (χ3n) is 3.97. The predicted octanol–water partition coefficient (Wildman–Crippen LogP) is 2.19. The van der Waals surface area contributed by atoms with Crippen LogP contribution in [-0.2, 0) is 17.4 Å².